The highest BCUT2D eigenvalue weighted by atomic mass is 32.2. The molecule has 7 heteroatoms. The van der Waals surface area contributed by atoms with Crippen molar-refractivity contribution in [3.63, 3.8) is 0 Å². The highest BCUT2D eigenvalue weighted by Gasteiger charge is 2.24. The molecule has 0 aromatic carbocycles. The highest BCUT2D eigenvalue weighted by molar-refractivity contribution is 7.99. The van der Waals surface area contributed by atoms with Crippen LogP contribution in [0.3, 0.4) is 0 Å². The normalized spacial score (nSPS) is 22.8. The molecule has 0 radical (unpaired) electrons. The minimum Gasteiger partial charge on any atom is -0.405 e. The number of amides is 1. The number of nitrogens with zero attached hydrogens (tertiary/aromatic N) is 2. The number of nitrogens with one attached hydrogen (secondary N) is 1. The summed E-state index contributed by atoms with van der Waals surface area (Å²) < 4.78 is 10.9. The second-order valence-corrected chi connectivity index (χ2v) is 7.04. The maximum Gasteiger partial charge on any atom is 0.322 e. The van der Waals surface area contributed by atoms with E-state index in [1.54, 1.807) is 11.8 Å². The van der Waals surface area contributed by atoms with Crippen molar-refractivity contribution in [3.05, 3.63) is 5.89 Å². The molecule has 1 saturated carbocycles. The van der Waals surface area contributed by atoms with Crippen LogP contribution >= 0.6 is 11.8 Å². The molecule has 1 aliphatic carbocycles. The van der Waals surface area contributed by atoms with Crippen molar-refractivity contribution in [1.82, 2.24) is 10.2 Å². The largest absolute Gasteiger partial charge is 0.405 e. The Kier molecular flexibility index (Phi) is 5.72. The summed E-state index contributed by atoms with van der Waals surface area (Å²) in [5.74, 6) is 2.67. The number of anilines is 1. The number of aromatic nitrogens is 2. The second kappa shape index (κ2) is 7.97. The van der Waals surface area contributed by atoms with Crippen LogP contribution < -0.4 is 5.32 Å². The van der Waals surface area contributed by atoms with Gasteiger partial charge in [-0.3, -0.25) is 10.1 Å². The van der Waals surface area contributed by atoms with Gasteiger partial charge in [-0.1, -0.05) is 24.4 Å². The number of ether oxygens (including phenoxy) is 1. The van der Waals surface area contributed by atoms with Crippen LogP contribution in [0.2, 0.25) is 0 Å². The van der Waals surface area contributed by atoms with Gasteiger partial charge in [-0.15, -0.1) is 5.10 Å². The molecule has 1 aromatic heterocycles. The second-order valence-electron chi connectivity index (χ2n) is 6.01. The van der Waals surface area contributed by atoms with Gasteiger partial charge in [0.2, 0.25) is 11.8 Å². The van der Waals surface area contributed by atoms with Crippen molar-refractivity contribution in [1.29, 1.82) is 0 Å². The minimum atomic E-state index is -0.112. The number of rotatable bonds is 6. The quantitative estimate of drug-likeness (QED) is 0.865. The van der Waals surface area contributed by atoms with Gasteiger partial charge in [-0.2, -0.15) is 11.8 Å². The Morgan fingerprint density at radius 2 is 2.05 bits per heavy atom. The molecule has 2 aliphatic rings. The average Bonchev–Trinajstić information content (AvgIpc) is 3.19. The van der Waals surface area contributed by atoms with Crippen LogP contribution in [0.15, 0.2) is 4.42 Å². The van der Waals surface area contributed by atoms with Gasteiger partial charge in [0.25, 0.3) is 0 Å². The Balaban J connectivity index is 1.37. The van der Waals surface area contributed by atoms with E-state index in [4.69, 9.17) is 9.15 Å². The molecule has 1 aliphatic heterocycles. The minimum absolute atomic E-state index is 0.0802. The Labute approximate surface area is 134 Å². The smallest absolute Gasteiger partial charge is 0.322 e. The lowest BCUT2D eigenvalue weighted by Crippen LogP contribution is -2.16. The van der Waals surface area contributed by atoms with Crippen LogP contribution in [0.1, 0.15) is 56.9 Å². The van der Waals surface area contributed by atoms with Crippen molar-refractivity contribution >= 4 is 23.7 Å². The molecule has 2 heterocycles. The molecule has 0 spiro atoms. The molecule has 1 unspecified atom stereocenters. The summed E-state index contributed by atoms with van der Waals surface area (Å²) in [4.78, 5) is 11.9. The first-order valence-corrected chi connectivity index (χ1v) is 9.29. The molecule has 22 heavy (non-hydrogen) atoms. The molecule has 122 valence electrons. The Morgan fingerprint density at radius 1 is 1.18 bits per heavy atom. The van der Waals surface area contributed by atoms with Gasteiger partial charge in [-0.05, 0) is 37.4 Å². The van der Waals surface area contributed by atoms with Crippen molar-refractivity contribution in [2.75, 3.05) is 23.4 Å². The summed E-state index contributed by atoms with van der Waals surface area (Å²) >= 11 is 1.69. The van der Waals surface area contributed by atoms with E-state index in [0.29, 0.717) is 11.6 Å². The van der Waals surface area contributed by atoms with E-state index in [9.17, 15) is 4.79 Å². The highest BCUT2D eigenvalue weighted by Crippen LogP contribution is 2.28. The first kappa shape index (κ1) is 15.8. The van der Waals surface area contributed by atoms with E-state index >= 15 is 0 Å². The Morgan fingerprint density at radius 3 is 2.82 bits per heavy atom. The molecular formula is C15H23N3O3S. The van der Waals surface area contributed by atoms with Crippen LogP contribution in [0.5, 0.6) is 0 Å². The van der Waals surface area contributed by atoms with Gasteiger partial charge < -0.3 is 9.15 Å². The fraction of sp³-hybridized carbons (Fsp3) is 0.800. The summed E-state index contributed by atoms with van der Waals surface area (Å²) in [6, 6.07) is 0.175. The lowest BCUT2D eigenvalue weighted by molar-refractivity contribution is -0.113. The van der Waals surface area contributed by atoms with Crippen molar-refractivity contribution in [3.8, 4) is 0 Å². The van der Waals surface area contributed by atoms with Crippen molar-refractivity contribution < 1.29 is 13.9 Å². The first-order valence-electron chi connectivity index (χ1n) is 8.14. The Bertz CT molecular complexity index is 482. The third-order valence-electron chi connectivity index (χ3n) is 4.20. The third-order valence-corrected chi connectivity index (χ3v) is 5.38. The number of hydrogen-bond donors (Lipinski definition) is 1. The molecule has 2 fully saturated rings. The van der Waals surface area contributed by atoms with Gasteiger partial charge in [0.1, 0.15) is 6.10 Å². The summed E-state index contributed by atoms with van der Waals surface area (Å²) in [6.45, 7) is 0.729. The van der Waals surface area contributed by atoms with E-state index in [0.717, 1.165) is 31.1 Å². The SMILES string of the molecule is O=C(CSCC1CCCCC1)Nc1nnc(C2CCCO2)o1. The standard InChI is InChI=1S/C15H23N3O3S/c19-13(10-22-9-11-5-2-1-3-6-11)16-15-18-17-14(21-15)12-7-4-8-20-12/h11-12H,1-10H2,(H,16,18,19). The molecule has 1 amide bonds. The number of carbonyl (C=O) groups is 1. The first-order chi connectivity index (χ1) is 10.8. The topological polar surface area (TPSA) is 77.2 Å². The van der Waals surface area contributed by atoms with Gasteiger partial charge in [0, 0.05) is 6.61 Å². The molecule has 1 atom stereocenters. The summed E-state index contributed by atoms with van der Waals surface area (Å²) in [7, 11) is 0. The van der Waals surface area contributed by atoms with Crippen LogP contribution in [-0.2, 0) is 9.53 Å². The molecule has 1 N–H and O–H groups in total. The zero-order valence-electron chi connectivity index (χ0n) is 12.8. The summed E-state index contributed by atoms with van der Waals surface area (Å²) in [5.41, 5.74) is 0. The summed E-state index contributed by atoms with van der Waals surface area (Å²) in [6.07, 6.45) is 8.45. The van der Waals surface area contributed by atoms with Gasteiger partial charge in [0.05, 0.1) is 5.75 Å². The molecular weight excluding hydrogens is 302 g/mol. The lowest BCUT2D eigenvalue weighted by Gasteiger charge is -2.20. The number of hydrogen-bond acceptors (Lipinski definition) is 6. The molecule has 1 saturated heterocycles. The van der Waals surface area contributed by atoms with Crippen LogP contribution in [0.4, 0.5) is 6.01 Å². The number of thioether (sulfide) groups is 1. The molecule has 3 rings (SSSR count). The molecule has 6 nitrogen and oxygen atoms in total. The van der Waals surface area contributed by atoms with Gasteiger partial charge >= 0.3 is 6.01 Å². The maximum atomic E-state index is 11.9. The van der Waals surface area contributed by atoms with Crippen molar-refractivity contribution in [2.45, 2.75) is 51.0 Å². The van der Waals surface area contributed by atoms with Crippen LogP contribution in [0.25, 0.3) is 0 Å². The van der Waals surface area contributed by atoms with E-state index in [-0.39, 0.29) is 18.0 Å². The lowest BCUT2D eigenvalue weighted by atomic mass is 9.91. The zero-order chi connectivity index (χ0) is 15.2. The zero-order valence-corrected chi connectivity index (χ0v) is 13.6. The van der Waals surface area contributed by atoms with Gasteiger partial charge in [-0.25, -0.2) is 0 Å². The van der Waals surface area contributed by atoms with E-state index < -0.39 is 0 Å². The van der Waals surface area contributed by atoms with E-state index in [2.05, 4.69) is 15.5 Å². The predicted octanol–water partition coefficient (Wildman–Crippen LogP) is 3.17. The van der Waals surface area contributed by atoms with Crippen molar-refractivity contribution in [2.24, 2.45) is 5.92 Å². The van der Waals surface area contributed by atoms with E-state index in [1.165, 1.54) is 32.1 Å². The summed E-state index contributed by atoms with van der Waals surface area (Å²) in [5, 5.41) is 10.5. The molecule has 1 aromatic rings. The van der Waals surface area contributed by atoms with Crippen LogP contribution in [0, 0.1) is 5.92 Å². The third kappa shape index (κ3) is 4.46. The van der Waals surface area contributed by atoms with Crippen LogP contribution in [-0.4, -0.2) is 34.2 Å². The van der Waals surface area contributed by atoms with E-state index in [1.807, 2.05) is 0 Å². The maximum absolute atomic E-state index is 11.9. The Hall–Kier alpha value is -1.08. The monoisotopic (exact) mass is 325 g/mol. The predicted molar refractivity (Wildman–Crippen MR) is 84.8 cm³/mol. The fourth-order valence-corrected chi connectivity index (χ4v) is 4.06. The molecule has 0 bridgehead atoms. The fourth-order valence-electron chi connectivity index (χ4n) is 3.02. The number of carbonyl (C=O) groups excluding carboxylic acids is 1. The van der Waals surface area contributed by atoms with Gasteiger partial charge in [0.15, 0.2) is 0 Å². The average molecular weight is 325 g/mol.